The first-order valence-electron chi connectivity index (χ1n) is 22.6. The molecule has 65 heavy (non-hydrogen) atoms. The minimum absolute atomic E-state index is 0.296. The maximum atomic E-state index is 11.9. The van der Waals surface area contributed by atoms with Gasteiger partial charge in [0.1, 0.15) is 23.0 Å². The molecule has 14 heteroatoms. The molecule has 2 aliphatic heterocycles. The normalized spacial score (nSPS) is 14.5. The summed E-state index contributed by atoms with van der Waals surface area (Å²) in [5, 5.41) is 11.4. The number of carbonyl (C=O) groups excluding carboxylic acids is 1. The molecule has 3 N–H and O–H groups in total. The zero-order valence-corrected chi connectivity index (χ0v) is 38.5. The fourth-order valence-corrected chi connectivity index (χ4v) is 8.97. The molecule has 2 fully saturated rings. The number of carboxylic acid groups (broad SMARTS) is 1. The number of methoxy groups -OCH3 is 5. The van der Waals surface area contributed by atoms with Gasteiger partial charge >= 0.3 is 11.9 Å². The van der Waals surface area contributed by atoms with Crippen molar-refractivity contribution in [2.45, 2.75) is 38.5 Å². The van der Waals surface area contributed by atoms with Crippen molar-refractivity contribution in [3.05, 3.63) is 107 Å². The molecule has 0 spiro atoms. The summed E-state index contributed by atoms with van der Waals surface area (Å²) in [5.74, 6) is 2.14. The molecule has 0 aliphatic carbocycles. The Morgan fingerprint density at radius 2 is 0.985 bits per heavy atom. The molecule has 14 nitrogen and oxygen atoms in total. The number of benzene rings is 4. The van der Waals surface area contributed by atoms with Crippen LogP contribution in [0.1, 0.15) is 57.5 Å². The highest BCUT2D eigenvalue weighted by Crippen LogP contribution is 2.34. The second-order valence-electron chi connectivity index (χ2n) is 16.6. The van der Waals surface area contributed by atoms with Crippen LogP contribution in [0.4, 0.5) is 11.4 Å². The van der Waals surface area contributed by atoms with Gasteiger partial charge in [-0.2, -0.15) is 0 Å². The van der Waals surface area contributed by atoms with E-state index in [4.69, 9.17) is 23.7 Å². The first-order valence-corrected chi connectivity index (χ1v) is 22.6. The lowest BCUT2D eigenvalue weighted by atomic mass is 10.0. The summed E-state index contributed by atoms with van der Waals surface area (Å²) in [7, 11) is 8.16. The lowest BCUT2D eigenvalue weighted by Gasteiger charge is -2.36. The monoisotopic (exact) mass is 888 g/mol. The molecule has 0 bridgehead atoms. The molecular formula is C51H64N6O8. The van der Waals surface area contributed by atoms with Crippen LogP contribution in [0.25, 0.3) is 21.8 Å². The third kappa shape index (κ3) is 11.7. The van der Waals surface area contributed by atoms with E-state index in [1.54, 1.807) is 46.6 Å². The number of fused-ring (bicyclic) bond motifs is 2. The minimum atomic E-state index is -0.884. The van der Waals surface area contributed by atoms with Gasteiger partial charge in [0.2, 0.25) is 0 Å². The highest BCUT2D eigenvalue weighted by atomic mass is 16.5. The predicted molar refractivity (Wildman–Crippen MR) is 257 cm³/mol. The molecule has 346 valence electrons. The standard InChI is InChI=1S/C26H33N3O4.C25H31N3O4/c1-31-21-8-10-24(25(17-21)32-2)29-14-12-28(13-15-29)11-5-4-6-20-18-27-23-9-7-19(16-22(20)23)26(30)33-3;1-31-20-7-9-23(24(16-20)32-2)28-13-11-27(12-14-28)10-4-3-5-19-17-26-22-8-6-18(25(29)30)15-21(19)22/h7-10,16-18,27H,4-6,11-15H2,1-3H3;6-9,15-17,26H,3-5,10-14H2,1-2H3,(H,29,30). The quantitative estimate of drug-likeness (QED) is 0.0566. The fourth-order valence-electron chi connectivity index (χ4n) is 8.97. The Balaban J connectivity index is 0.000000194. The van der Waals surface area contributed by atoms with Crippen LogP contribution in [0.2, 0.25) is 0 Å². The van der Waals surface area contributed by atoms with Gasteiger partial charge in [-0.05, 0) is 123 Å². The molecule has 0 radical (unpaired) electrons. The summed E-state index contributed by atoms with van der Waals surface area (Å²) in [6, 6.07) is 23.0. The van der Waals surface area contributed by atoms with Crippen LogP contribution >= 0.6 is 0 Å². The number of hydrogen-bond acceptors (Lipinski definition) is 11. The molecule has 2 aromatic heterocycles. The number of rotatable bonds is 18. The summed E-state index contributed by atoms with van der Waals surface area (Å²) in [6.45, 7) is 10.3. The van der Waals surface area contributed by atoms with Gasteiger partial charge in [0.05, 0.1) is 58.1 Å². The number of piperazine rings is 2. The van der Waals surface area contributed by atoms with Crippen molar-refractivity contribution in [1.82, 2.24) is 19.8 Å². The van der Waals surface area contributed by atoms with Crippen LogP contribution in [0, 0.1) is 0 Å². The summed E-state index contributed by atoms with van der Waals surface area (Å²) >= 11 is 0. The van der Waals surface area contributed by atoms with Crippen LogP contribution in [-0.2, 0) is 17.6 Å². The van der Waals surface area contributed by atoms with Gasteiger partial charge in [0.25, 0.3) is 0 Å². The van der Waals surface area contributed by atoms with E-state index in [-0.39, 0.29) is 5.97 Å². The predicted octanol–water partition coefficient (Wildman–Crippen LogP) is 8.14. The first kappa shape index (κ1) is 46.6. The molecule has 6 aromatic rings. The second-order valence-corrected chi connectivity index (χ2v) is 16.6. The van der Waals surface area contributed by atoms with Crippen molar-refractivity contribution in [2.75, 3.05) is 111 Å². The van der Waals surface area contributed by atoms with E-state index >= 15 is 0 Å². The van der Waals surface area contributed by atoms with Crippen molar-refractivity contribution in [3.63, 3.8) is 0 Å². The Labute approximate surface area is 381 Å². The number of unbranched alkanes of at least 4 members (excludes halogenated alkanes) is 2. The van der Waals surface area contributed by atoms with Gasteiger partial charge in [-0.15, -0.1) is 0 Å². The lowest BCUT2D eigenvalue weighted by molar-refractivity contribution is 0.0600. The average Bonchev–Trinajstić information content (AvgIpc) is 3.97. The number of aromatic nitrogens is 2. The summed E-state index contributed by atoms with van der Waals surface area (Å²) in [5.41, 5.74) is 7.68. The summed E-state index contributed by atoms with van der Waals surface area (Å²) in [6.07, 6.45) is 10.5. The number of carboxylic acids is 1. The number of aromatic amines is 2. The minimum Gasteiger partial charge on any atom is -0.497 e. The van der Waals surface area contributed by atoms with E-state index in [0.717, 1.165) is 160 Å². The maximum Gasteiger partial charge on any atom is 0.337 e. The number of carbonyl (C=O) groups is 2. The van der Waals surface area contributed by atoms with Crippen molar-refractivity contribution in [1.29, 1.82) is 0 Å². The van der Waals surface area contributed by atoms with E-state index in [1.165, 1.54) is 18.2 Å². The topological polar surface area (TPSA) is 145 Å². The number of ether oxygens (including phenoxy) is 5. The molecule has 0 atom stereocenters. The van der Waals surface area contributed by atoms with Crippen LogP contribution in [-0.4, -0.2) is 138 Å². The molecule has 2 aliphatic rings. The number of aryl methyl sites for hydroxylation is 2. The molecule has 8 rings (SSSR count). The van der Waals surface area contributed by atoms with Crippen LogP contribution < -0.4 is 28.7 Å². The number of H-pyrrole nitrogens is 2. The lowest BCUT2D eigenvalue weighted by Crippen LogP contribution is -2.46. The SMILES string of the molecule is COC(=O)c1ccc2[nH]cc(CCCCN3CCN(c4ccc(OC)cc4OC)CC3)c2c1.COc1ccc(N2CCN(CCCCc3c[nH]c4ccc(C(=O)O)cc34)CC2)c(OC)c1. The Morgan fingerprint density at radius 1 is 0.538 bits per heavy atom. The third-order valence-electron chi connectivity index (χ3n) is 12.7. The average molecular weight is 889 g/mol. The number of nitrogens with one attached hydrogen (secondary N) is 2. The highest BCUT2D eigenvalue weighted by Gasteiger charge is 2.22. The number of esters is 1. The van der Waals surface area contributed by atoms with Gasteiger partial charge < -0.3 is 48.6 Å². The van der Waals surface area contributed by atoms with Crippen molar-refractivity contribution < 1.29 is 38.4 Å². The van der Waals surface area contributed by atoms with Crippen LogP contribution in [0.3, 0.4) is 0 Å². The Bertz CT molecular complexity index is 2500. The maximum absolute atomic E-state index is 11.9. The number of aromatic carboxylic acids is 1. The smallest absolute Gasteiger partial charge is 0.337 e. The second kappa shape index (κ2) is 22.5. The number of nitrogens with zero attached hydrogens (tertiary/aromatic N) is 4. The zero-order valence-electron chi connectivity index (χ0n) is 38.5. The van der Waals surface area contributed by atoms with Gasteiger partial charge in [-0.3, -0.25) is 9.80 Å². The van der Waals surface area contributed by atoms with E-state index < -0.39 is 5.97 Å². The third-order valence-corrected chi connectivity index (χ3v) is 12.7. The van der Waals surface area contributed by atoms with Crippen LogP contribution in [0.5, 0.6) is 23.0 Å². The molecule has 4 heterocycles. The molecule has 0 unspecified atom stereocenters. The van der Waals surface area contributed by atoms with E-state index in [1.807, 2.05) is 48.7 Å². The highest BCUT2D eigenvalue weighted by molar-refractivity contribution is 5.96. The number of hydrogen-bond donors (Lipinski definition) is 3. The van der Waals surface area contributed by atoms with E-state index in [9.17, 15) is 14.7 Å². The van der Waals surface area contributed by atoms with Gasteiger partial charge in [0.15, 0.2) is 0 Å². The van der Waals surface area contributed by atoms with E-state index in [0.29, 0.717) is 11.1 Å². The summed E-state index contributed by atoms with van der Waals surface area (Å²) < 4.78 is 26.6. The molecule has 2 saturated heterocycles. The molecule has 0 saturated carbocycles. The van der Waals surface area contributed by atoms with Gasteiger partial charge in [-0.25, -0.2) is 9.59 Å². The Hall–Kier alpha value is -6.38. The summed E-state index contributed by atoms with van der Waals surface area (Å²) in [4.78, 5) is 39.5. The fraction of sp³-hybridized carbons (Fsp3) is 0.412. The Kier molecular flexibility index (Phi) is 16.1. The van der Waals surface area contributed by atoms with Crippen LogP contribution in [0.15, 0.2) is 85.2 Å². The van der Waals surface area contributed by atoms with Crippen molar-refractivity contribution in [2.24, 2.45) is 0 Å². The largest absolute Gasteiger partial charge is 0.497 e. The first-order chi connectivity index (χ1) is 31.7. The molecule has 4 aromatic carbocycles. The molecular weight excluding hydrogens is 825 g/mol. The van der Waals surface area contributed by atoms with E-state index in [2.05, 4.69) is 47.9 Å². The van der Waals surface area contributed by atoms with Gasteiger partial charge in [0, 0.05) is 98.7 Å². The number of anilines is 2. The zero-order chi connectivity index (χ0) is 45.7. The van der Waals surface area contributed by atoms with Crippen molar-refractivity contribution >= 4 is 45.1 Å². The van der Waals surface area contributed by atoms with Crippen molar-refractivity contribution in [3.8, 4) is 23.0 Å². The Morgan fingerprint density at radius 3 is 1.40 bits per heavy atom. The molecule has 0 amide bonds. The van der Waals surface area contributed by atoms with Gasteiger partial charge in [-0.1, -0.05) is 0 Å².